The summed E-state index contributed by atoms with van der Waals surface area (Å²) in [7, 11) is 4.36. The summed E-state index contributed by atoms with van der Waals surface area (Å²) in [6.45, 7) is 4.78. The molecule has 12 aromatic rings. The van der Waals surface area contributed by atoms with Crippen molar-refractivity contribution in [2.75, 3.05) is 33.7 Å². The number of fused-ring (bicyclic) bond motifs is 10. The summed E-state index contributed by atoms with van der Waals surface area (Å²) in [4.78, 5) is 9.56. The SMILES string of the molecule is CN1c2ccccc2N(c2ccc3c(-c4ccc5c(c4)C(C)(C)c4ccccc4-5)c4cc(N5c6ccccc6N(C)c6ccccc65)ccc4c(-c4ccc(-c5ccc6ccccc6c5)cc4)c3c2)c2ccccc21. The van der Waals surface area contributed by atoms with Crippen molar-refractivity contribution in [2.45, 2.75) is 19.3 Å². The summed E-state index contributed by atoms with van der Waals surface area (Å²) < 4.78 is 0. The zero-order valence-electron chi connectivity index (χ0n) is 42.4. The highest BCUT2D eigenvalue weighted by Crippen LogP contribution is 2.56. The fraction of sp³-hybridized carbons (Fsp3) is 0.0704. The molecule has 1 aliphatic carbocycles. The molecule has 3 aliphatic rings. The lowest BCUT2D eigenvalue weighted by molar-refractivity contribution is 0.660. The van der Waals surface area contributed by atoms with Crippen LogP contribution >= 0.6 is 0 Å². The smallest absolute Gasteiger partial charge is 0.0699 e. The van der Waals surface area contributed by atoms with Gasteiger partial charge in [-0.05, 0) is 173 Å². The molecule has 12 aromatic carbocycles. The van der Waals surface area contributed by atoms with Crippen molar-refractivity contribution in [1.82, 2.24) is 0 Å². The largest absolute Gasteiger partial charge is 0.341 e. The maximum Gasteiger partial charge on any atom is 0.0699 e. The second kappa shape index (κ2) is 16.3. The van der Waals surface area contributed by atoms with Gasteiger partial charge in [-0.15, -0.1) is 0 Å². The van der Waals surface area contributed by atoms with E-state index in [0.29, 0.717) is 0 Å². The van der Waals surface area contributed by atoms with Crippen molar-refractivity contribution in [1.29, 1.82) is 0 Å². The Morgan fingerprint density at radius 1 is 0.280 bits per heavy atom. The molecule has 75 heavy (non-hydrogen) atoms. The normalized spacial score (nSPS) is 13.9. The van der Waals surface area contributed by atoms with Crippen LogP contribution in [0.3, 0.4) is 0 Å². The Morgan fingerprint density at radius 3 is 1.24 bits per heavy atom. The summed E-state index contributed by atoms with van der Waals surface area (Å²) in [5, 5.41) is 7.31. The van der Waals surface area contributed by atoms with E-state index >= 15 is 0 Å². The van der Waals surface area contributed by atoms with Gasteiger partial charge in [0.15, 0.2) is 0 Å². The number of benzene rings is 12. The minimum Gasteiger partial charge on any atom is -0.341 e. The Kier molecular flexibility index (Phi) is 9.40. The van der Waals surface area contributed by atoms with E-state index < -0.39 is 0 Å². The monoisotopic (exact) mass is 960 g/mol. The third-order valence-corrected chi connectivity index (χ3v) is 16.7. The van der Waals surface area contributed by atoms with E-state index in [2.05, 4.69) is 290 Å². The van der Waals surface area contributed by atoms with Gasteiger partial charge in [-0.3, -0.25) is 0 Å². The van der Waals surface area contributed by atoms with Crippen LogP contribution in [0.15, 0.2) is 243 Å². The quantitative estimate of drug-likeness (QED) is 0.159. The third-order valence-electron chi connectivity index (χ3n) is 16.7. The number of nitrogens with zero attached hydrogens (tertiary/aromatic N) is 4. The Labute approximate surface area is 438 Å². The first-order chi connectivity index (χ1) is 36.8. The van der Waals surface area contributed by atoms with Gasteiger partial charge in [0, 0.05) is 30.9 Å². The lowest BCUT2D eigenvalue weighted by Gasteiger charge is -2.39. The fourth-order valence-corrected chi connectivity index (χ4v) is 13.0. The van der Waals surface area contributed by atoms with E-state index in [0.717, 1.165) is 34.1 Å². The van der Waals surface area contributed by atoms with Crippen LogP contribution in [-0.2, 0) is 5.41 Å². The number of hydrogen-bond acceptors (Lipinski definition) is 4. The lowest BCUT2D eigenvalue weighted by Crippen LogP contribution is -2.24. The van der Waals surface area contributed by atoms with Crippen molar-refractivity contribution >= 4 is 89.2 Å². The number of rotatable bonds is 5. The molecule has 4 nitrogen and oxygen atoms in total. The second-order valence-corrected chi connectivity index (χ2v) is 21.0. The Hall–Kier alpha value is -9.38. The maximum atomic E-state index is 2.51. The Bertz CT molecular complexity index is 4240. The molecule has 0 amide bonds. The first-order valence-electron chi connectivity index (χ1n) is 26.1. The molecule has 0 spiro atoms. The van der Waals surface area contributed by atoms with Gasteiger partial charge in [0.25, 0.3) is 0 Å². The zero-order chi connectivity index (χ0) is 50.1. The van der Waals surface area contributed by atoms with Crippen molar-refractivity contribution in [3.8, 4) is 44.5 Å². The van der Waals surface area contributed by atoms with Crippen molar-refractivity contribution in [2.24, 2.45) is 0 Å². The van der Waals surface area contributed by atoms with Crippen LogP contribution in [0.1, 0.15) is 25.0 Å². The average Bonchev–Trinajstić information content (AvgIpc) is 3.70. The minimum atomic E-state index is -0.173. The van der Waals surface area contributed by atoms with Crippen LogP contribution in [0.4, 0.5) is 56.9 Å². The Morgan fingerprint density at radius 2 is 0.693 bits per heavy atom. The van der Waals surface area contributed by atoms with Crippen LogP contribution < -0.4 is 19.6 Å². The van der Waals surface area contributed by atoms with Gasteiger partial charge in [0.05, 0.1) is 45.5 Å². The molecule has 15 rings (SSSR count). The summed E-state index contributed by atoms with van der Waals surface area (Å²) in [5.41, 5.74) is 23.9. The van der Waals surface area contributed by atoms with Crippen molar-refractivity contribution in [3.63, 3.8) is 0 Å². The van der Waals surface area contributed by atoms with Gasteiger partial charge in [-0.2, -0.15) is 0 Å². The van der Waals surface area contributed by atoms with E-state index in [1.165, 1.54) is 111 Å². The van der Waals surface area contributed by atoms with Crippen LogP contribution in [-0.4, -0.2) is 14.1 Å². The van der Waals surface area contributed by atoms with Gasteiger partial charge in [-0.1, -0.05) is 172 Å². The summed E-state index contributed by atoms with van der Waals surface area (Å²) in [6, 6.07) is 90.6. The molecule has 0 radical (unpaired) electrons. The summed E-state index contributed by atoms with van der Waals surface area (Å²) >= 11 is 0. The Balaban J connectivity index is 1.03. The van der Waals surface area contributed by atoms with Crippen LogP contribution in [0.2, 0.25) is 0 Å². The molecule has 0 saturated carbocycles. The standard InChI is InChI=1S/C71H52N4/c1-71(2)59-20-8-7-19-53(59)54-38-35-50(42-60(54)71)70-56-40-37-51(74-65-25-13-9-21-61(65)72(3)62-22-10-14-26-66(62)74)43-57(56)69(47-32-29-46(30-33-47)49-34-31-45-17-5-6-18-48(45)41-49)55-39-36-52(44-58(55)70)75-67-27-15-11-23-63(67)73(4)64-24-12-16-28-68(64)75/h5-44H,1-4H3. The van der Waals surface area contributed by atoms with Crippen LogP contribution in [0.25, 0.3) is 76.8 Å². The molecule has 0 saturated heterocycles. The van der Waals surface area contributed by atoms with E-state index in [-0.39, 0.29) is 5.41 Å². The molecule has 2 aliphatic heterocycles. The number of anilines is 10. The maximum absolute atomic E-state index is 2.51. The molecule has 0 N–H and O–H groups in total. The van der Waals surface area contributed by atoms with E-state index in [1.54, 1.807) is 0 Å². The third kappa shape index (κ3) is 6.42. The average molecular weight is 961 g/mol. The lowest BCUT2D eigenvalue weighted by atomic mass is 9.80. The van der Waals surface area contributed by atoms with Gasteiger partial charge >= 0.3 is 0 Å². The topological polar surface area (TPSA) is 13.0 Å². The molecule has 2 heterocycles. The first kappa shape index (κ1) is 43.2. The second-order valence-electron chi connectivity index (χ2n) is 21.0. The van der Waals surface area contributed by atoms with Gasteiger partial charge in [0.1, 0.15) is 0 Å². The number of para-hydroxylation sites is 8. The summed E-state index contributed by atoms with van der Waals surface area (Å²) in [5.74, 6) is 0. The van der Waals surface area contributed by atoms with E-state index in [1.807, 2.05) is 0 Å². The predicted octanol–water partition coefficient (Wildman–Crippen LogP) is 19.6. The minimum absolute atomic E-state index is 0.173. The molecule has 0 unspecified atom stereocenters. The highest BCUT2D eigenvalue weighted by molar-refractivity contribution is 6.23. The molecule has 4 heteroatoms. The van der Waals surface area contributed by atoms with Crippen molar-refractivity contribution < 1.29 is 0 Å². The molecular weight excluding hydrogens is 909 g/mol. The molecular formula is C71H52N4. The first-order valence-corrected chi connectivity index (χ1v) is 26.1. The van der Waals surface area contributed by atoms with Gasteiger partial charge in [-0.25, -0.2) is 0 Å². The van der Waals surface area contributed by atoms with Gasteiger partial charge < -0.3 is 19.6 Å². The van der Waals surface area contributed by atoms with E-state index in [9.17, 15) is 0 Å². The highest BCUT2D eigenvalue weighted by Gasteiger charge is 2.36. The summed E-state index contributed by atoms with van der Waals surface area (Å²) in [6.07, 6.45) is 0. The molecule has 0 fully saturated rings. The number of hydrogen-bond donors (Lipinski definition) is 0. The van der Waals surface area contributed by atoms with Crippen LogP contribution in [0, 0.1) is 0 Å². The highest BCUT2D eigenvalue weighted by atomic mass is 15.3. The fourth-order valence-electron chi connectivity index (χ4n) is 13.0. The molecule has 0 aromatic heterocycles. The van der Waals surface area contributed by atoms with Gasteiger partial charge in [0.2, 0.25) is 0 Å². The van der Waals surface area contributed by atoms with E-state index in [4.69, 9.17) is 0 Å². The molecule has 0 bridgehead atoms. The molecule has 356 valence electrons. The molecule has 0 atom stereocenters. The zero-order valence-corrected chi connectivity index (χ0v) is 42.4. The van der Waals surface area contributed by atoms with Crippen molar-refractivity contribution in [3.05, 3.63) is 254 Å². The predicted molar refractivity (Wildman–Crippen MR) is 318 cm³/mol. The van der Waals surface area contributed by atoms with Crippen LogP contribution in [0.5, 0.6) is 0 Å².